The molecule has 0 amide bonds. The Bertz CT molecular complexity index is 444. The minimum absolute atomic E-state index is 0.251. The normalized spacial score (nSPS) is 24.9. The average molecular weight is 282 g/mol. The molecular formula is C12H12BrNO2. The van der Waals surface area contributed by atoms with Gasteiger partial charge in [0.15, 0.2) is 5.78 Å². The number of carbonyl (C=O) groups excluding carboxylic acids is 1. The first-order chi connectivity index (χ1) is 7.61. The van der Waals surface area contributed by atoms with Gasteiger partial charge in [0.25, 0.3) is 0 Å². The Kier molecular flexibility index (Phi) is 3.12. The van der Waals surface area contributed by atoms with Crippen LogP contribution in [0.2, 0.25) is 0 Å². The van der Waals surface area contributed by atoms with Gasteiger partial charge in [-0.2, -0.15) is 0 Å². The van der Waals surface area contributed by atoms with Crippen LogP contribution in [0.4, 0.5) is 0 Å². The molecule has 2 unspecified atom stereocenters. The smallest absolute Gasteiger partial charge is 0.188 e. The van der Waals surface area contributed by atoms with Crippen molar-refractivity contribution in [2.75, 3.05) is 7.05 Å². The predicted molar refractivity (Wildman–Crippen MR) is 64.8 cm³/mol. The van der Waals surface area contributed by atoms with Gasteiger partial charge >= 0.3 is 0 Å². The quantitative estimate of drug-likeness (QED) is 0.855. The molecule has 0 aliphatic carbocycles. The van der Waals surface area contributed by atoms with E-state index in [0.29, 0.717) is 0 Å². The summed E-state index contributed by atoms with van der Waals surface area (Å²) < 4.78 is 0.897. The summed E-state index contributed by atoms with van der Waals surface area (Å²) in [5.41, 5.74) is 0.912. The molecular weight excluding hydrogens is 270 g/mol. The van der Waals surface area contributed by atoms with Crippen molar-refractivity contribution >= 4 is 21.7 Å². The van der Waals surface area contributed by atoms with Gasteiger partial charge in [-0.1, -0.05) is 34.1 Å². The first kappa shape index (κ1) is 11.4. The number of ketones is 1. The van der Waals surface area contributed by atoms with E-state index in [9.17, 15) is 9.90 Å². The molecule has 1 heterocycles. The lowest BCUT2D eigenvalue weighted by atomic mass is 9.95. The highest BCUT2D eigenvalue weighted by atomic mass is 79.9. The van der Waals surface area contributed by atoms with Crippen LogP contribution in [0.1, 0.15) is 11.6 Å². The number of nitrogens with zero attached hydrogens (tertiary/aromatic N) is 1. The Morgan fingerprint density at radius 2 is 2.06 bits per heavy atom. The topological polar surface area (TPSA) is 40.5 Å². The molecule has 84 valence electrons. The van der Waals surface area contributed by atoms with Gasteiger partial charge in [0, 0.05) is 17.7 Å². The number of aliphatic hydroxyl groups excluding tert-OH is 1. The van der Waals surface area contributed by atoms with Gasteiger partial charge < -0.3 is 10.0 Å². The molecule has 0 fully saturated rings. The molecule has 0 bridgehead atoms. The summed E-state index contributed by atoms with van der Waals surface area (Å²) in [5, 5.41) is 9.92. The second kappa shape index (κ2) is 4.39. The van der Waals surface area contributed by atoms with E-state index in [-0.39, 0.29) is 11.8 Å². The Labute approximate surface area is 103 Å². The highest BCUT2D eigenvalue weighted by Crippen LogP contribution is 2.32. The maximum atomic E-state index is 11.5. The lowest BCUT2D eigenvalue weighted by molar-refractivity contribution is -0.126. The fourth-order valence-electron chi connectivity index (χ4n) is 1.87. The number of benzene rings is 1. The van der Waals surface area contributed by atoms with Crippen molar-refractivity contribution in [2.24, 2.45) is 0 Å². The summed E-state index contributed by atoms with van der Waals surface area (Å²) in [6.07, 6.45) is 2.09. The Balaban J connectivity index is 2.44. The highest BCUT2D eigenvalue weighted by molar-refractivity contribution is 9.10. The van der Waals surface area contributed by atoms with E-state index in [1.165, 1.54) is 6.08 Å². The first-order valence-electron chi connectivity index (χ1n) is 4.97. The van der Waals surface area contributed by atoms with Gasteiger partial charge in [0.1, 0.15) is 6.10 Å². The largest absolute Gasteiger partial charge is 0.382 e. The molecule has 2 atom stereocenters. The molecule has 1 aliphatic heterocycles. The van der Waals surface area contributed by atoms with Crippen LogP contribution >= 0.6 is 15.9 Å². The maximum Gasteiger partial charge on any atom is 0.188 e. The molecule has 0 aromatic heterocycles. The summed E-state index contributed by atoms with van der Waals surface area (Å²) in [4.78, 5) is 13.3. The molecule has 1 N–H and O–H groups in total. The summed E-state index contributed by atoms with van der Waals surface area (Å²) in [6.45, 7) is 0. The molecule has 0 radical (unpaired) electrons. The number of halogens is 1. The molecule has 1 aromatic rings. The number of carbonyl (C=O) groups is 1. The summed E-state index contributed by atoms with van der Waals surface area (Å²) in [7, 11) is 1.84. The van der Waals surface area contributed by atoms with E-state index >= 15 is 0 Å². The van der Waals surface area contributed by atoms with Crippen molar-refractivity contribution in [1.29, 1.82) is 0 Å². The van der Waals surface area contributed by atoms with Crippen molar-refractivity contribution < 1.29 is 9.90 Å². The SMILES string of the molecule is CN1C=CC(=O)C(O)C1c1ccccc1Br. The van der Waals surface area contributed by atoms with E-state index in [1.54, 1.807) is 6.20 Å². The second-order valence-electron chi connectivity index (χ2n) is 3.79. The minimum atomic E-state index is -1.01. The van der Waals surface area contributed by atoms with E-state index in [4.69, 9.17) is 0 Å². The lowest BCUT2D eigenvalue weighted by Gasteiger charge is -2.33. The van der Waals surface area contributed by atoms with E-state index in [0.717, 1.165) is 10.0 Å². The third-order valence-corrected chi connectivity index (χ3v) is 3.45. The number of hydrogen-bond donors (Lipinski definition) is 1. The summed E-state index contributed by atoms with van der Waals surface area (Å²) in [5.74, 6) is -0.251. The second-order valence-corrected chi connectivity index (χ2v) is 4.65. The van der Waals surface area contributed by atoms with Crippen molar-refractivity contribution in [1.82, 2.24) is 4.90 Å². The Hall–Kier alpha value is -1.13. The molecule has 2 rings (SSSR count). The van der Waals surface area contributed by atoms with Crippen LogP contribution in [0.5, 0.6) is 0 Å². The third kappa shape index (κ3) is 1.90. The molecule has 4 heteroatoms. The van der Waals surface area contributed by atoms with Gasteiger partial charge in [0.2, 0.25) is 0 Å². The monoisotopic (exact) mass is 281 g/mol. The van der Waals surface area contributed by atoms with Gasteiger partial charge in [-0.25, -0.2) is 0 Å². The predicted octanol–water partition coefficient (Wildman–Crippen LogP) is 1.88. The van der Waals surface area contributed by atoms with Crippen LogP contribution in [-0.2, 0) is 4.79 Å². The Morgan fingerprint density at radius 1 is 1.38 bits per heavy atom. The zero-order chi connectivity index (χ0) is 11.7. The number of aliphatic hydroxyl groups is 1. The van der Waals surface area contributed by atoms with Crippen molar-refractivity contribution in [3.8, 4) is 0 Å². The van der Waals surface area contributed by atoms with Crippen molar-refractivity contribution in [2.45, 2.75) is 12.1 Å². The van der Waals surface area contributed by atoms with Crippen LogP contribution < -0.4 is 0 Å². The van der Waals surface area contributed by atoms with E-state index in [1.807, 2.05) is 36.2 Å². The van der Waals surface area contributed by atoms with Crippen LogP contribution in [-0.4, -0.2) is 28.9 Å². The zero-order valence-corrected chi connectivity index (χ0v) is 10.4. The number of rotatable bonds is 1. The molecule has 16 heavy (non-hydrogen) atoms. The summed E-state index contributed by atoms with van der Waals surface area (Å²) in [6, 6.07) is 7.27. The van der Waals surface area contributed by atoms with Crippen LogP contribution in [0.3, 0.4) is 0 Å². The van der Waals surface area contributed by atoms with Crippen LogP contribution in [0.25, 0.3) is 0 Å². The van der Waals surface area contributed by atoms with E-state index < -0.39 is 6.10 Å². The Morgan fingerprint density at radius 3 is 2.75 bits per heavy atom. The van der Waals surface area contributed by atoms with Crippen molar-refractivity contribution in [3.63, 3.8) is 0 Å². The average Bonchev–Trinajstić information content (AvgIpc) is 2.27. The van der Waals surface area contributed by atoms with Crippen molar-refractivity contribution in [3.05, 3.63) is 46.6 Å². The zero-order valence-electron chi connectivity index (χ0n) is 8.80. The van der Waals surface area contributed by atoms with Gasteiger partial charge in [-0.05, 0) is 17.7 Å². The van der Waals surface area contributed by atoms with Gasteiger partial charge in [-0.15, -0.1) is 0 Å². The van der Waals surface area contributed by atoms with Crippen LogP contribution in [0.15, 0.2) is 41.0 Å². The molecule has 1 aromatic carbocycles. The molecule has 0 saturated carbocycles. The highest BCUT2D eigenvalue weighted by Gasteiger charge is 2.32. The van der Waals surface area contributed by atoms with Gasteiger partial charge in [-0.3, -0.25) is 4.79 Å². The summed E-state index contributed by atoms with van der Waals surface area (Å²) >= 11 is 3.43. The number of hydrogen-bond acceptors (Lipinski definition) is 3. The standard InChI is InChI=1S/C12H12BrNO2/c1-14-7-6-10(15)12(16)11(14)8-4-2-3-5-9(8)13/h2-7,11-12,16H,1H3. The fourth-order valence-corrected chi connectivity index (χ4v) is 2.38. The van der Waals surface area contributed by atoms with E-state index in [2.05, 4.69) is 15.9 Å². The molecule has 3 nitrogen and oxygen atoms in total. The molecule has 0 spiro atoms. The lowest BCUT2D eigenvalue weighted by Crippen LogP contribution is -2.39. The number of likely N-dealkylation sites (N-methyl/N-ethyl adjacent to an activating group) is 1. The van der Waals surface area contributed by atoms with Gasteiger partial charge in [0.05, 0.1) is 6.04 Å². The maximum absolute atomic E-state index is 11.5. The fraction of sp³-hybridized carbons (Fsp3) is 0.250. The molecule has 0 saturated heterocycles. The molecule has 1 aliphatic rings. The third-order valence-electron chi connectivity index (χ3n) is 2.73. The van der Waals surface area contributed by atoms with Crippen LogP contribution in [0, 0.1) is 0 Å². The first-order valence-corrected chi connectivity index (χ1v) is 5.77. The minimum Gasteiger partial charge on any atom is -0.382 e.